The normalized spacial score (nSPS) is 18.9. The first-order valence-electron chi connectivity index (χ1n) is 12.5. The Morgan fingerprint density at radius 3 is 2.13 bits per heavy atom. The molecular formula is C32H21BrN2O4. The predicted molar refractivity (Wildman–Crippen MR) is 152 cm³/mol. The summed E-state index contributed by atoms with van der Waals surface area (Å²) in [5.41, 5.74) is 4.60. The molecule has 3 aliphatic heterocycles. The average molecular weight is 577 g/mol. The number of anilines is 2. The molecule has 0 bridgehead atoms. The molecule has 0 spiro atoms. The first kappa shape index (κ1) is 23.5. The van der Waals surface area contributed by atoms with Gasteiger partial charge in [0.05, 0.1) is 6.04 Å². The van der Waals surface area contributed by atoms with Gasteiger partial charge in [-0.1, -0.05) is 70.5 Å². The van der Waals surface area contributed by atoms with Crippen LogP contribution in [0.15, 0.2) is 124 Å². The Hall–Kier alpha value is -4.62. The first-order valence-corrected chi connectivity index (χ1v) is 13.3. The second-order valence-electron chi connectivity index (χ2n) is 9.37. The average Bonchev–Trinajstić information content (AvgIpc) is 3.63. The summed E-state index contributed by atoms with van der Waals surface area (Å²) < 4.78 is 12.0. The number of fused-ring (bicyclic) bond motifs is 1. The van der Waals surface area contributed by atoms with Crippen LogP contribution >= 0.6 is 15.9 Å². The van der Waals surface area contributed by atoms with Gasteiger partial charge in [-0.2, -0.15) is 0 Å². The molecule has 0 aromatic heterocycles. The summed E-state index contributed by atoms with van der Waals surface area (Å²) in [7, 11) is 0. The highest BCUT2D eigenvalue weighted by molar-refractivity contribution is 9.10. The molecule has 39 heavy (non-hydrogen) atoms. The van der Waals surface area contributed by atoms with E-state index in [9.17, 15) is 9.59 Å². The van der Waals surface area contributed by atoms with Crippen LogP contribution in [0.3, 0.4) is 0 Å². The van der Waals surface area contributed by atoms with Gasteiger partial charge >= 0.3 is 0 Å². The number of carbonyl (C=O) groups is 2. The molecule has 0 unspecified atom stereocenters. The van der Waals surface area contributed by atoms with Gasteiger partial charge in [-0.15, -0.1) is 0 Å². The van der Waals surface area contributed by atoms with E-state index in [1.165, 1.54) is 0 Å². The van der Waals surface area contributed by atoms with Gasteiger partial charge in [0.1, 0.15) is 5.70 Å². The van der Waals surface area contributed by atoms with Crippen LogP contribution < -0.4 is 19.3 Å². The fourth-order valence-corrected chi connectivity index (χ4v) is 5.65. The lowest BCUT2D eigenvalue weighted by Crippen LogP contribution is -2.38. The van der Waals surface area contributed by atoms with Gasteiger partial charge in [0.2, 0.25) is 6.79 Å². The molecule has 0 saturated heterocycles. The molecule has 6 nitrogen and oxygen atoms in total. The standard InChI is InChI=1S/C32H21BrN2O4/c33-22-14-12-21(13-15-22)29-28-25(17-20-11-16-26-27(18-20)39-19-38-26)31(36)35(24-9-5-2-6-10-24)30(28)32(37)34(29)23-7-3-1-4-8-23/h1-18,29H,19H2/b25-17-/t29-/m0/s1. The Morgan fingerprint density at radius 1 is 0.744 bits per heavy atom. The van der Waals surface area contributed by atoms with Gasteiger partial charge in [0, 0.05) is 27.0 Å². The number of rotatable bonds is 4. The van der Waals surface area contributed by atoms with E-state index in [0.717, 1.165) is 21.3 Å². The summed E-state index contributed by atoms with van der Waals surface area (Å²) in [6, 6.07) is 31.9. The number of hydrogen-bond donors (Lipinski definition) is 0. The van der Waals surface area contributed by atoms with Crippen molar-refractivity contribution in [1.82, 2.24) is 0 Å². The van der Waals surface area contributed by atoms with Gasteiger partial charge in [0.15, 0.2) is 11.5 Å². The molecule has 1 atom stereocenters. The molecule has 0 radical (unpaired) electrons. The number of para-hydroxylation sites is 2. The lowest BCUT2D eigenvalue weighted by Gasteiger charge is -2.30. The molecule has 190 valence electrons. The molecule has 7 heteroatoms. The highest BCUT2D eigenvalue weighted by atomic mass is 79.9. The number of carbonyl (C=O) groups excluding carboxylic acids is 2. The van der Waals surface area contributed by atoms with Crippen molar-refractivity contribution in [3.8, 4) is 11.5 Å². The second kappa shape index (κ2) is 9.29. The van der Waals surface area contributed by atoms with E-state index in [0.29, 0.717) is 34.0 Å². The Bertz CT molecular complexity index is 1680. The van der Waals surface area contributed by atoms with E-state index in [-0.39, 0.29) is 18.6 Å². The lowest BCUT2D eigenvalue weighted by atomic mass is 9.93. The fourth-order valence-electron chi connectivity index (χ4n) is 5.38. The third-order valence-electron chi connectivity index (χ3n) is 7.10. The zero-order valence-electron chi connectivity index (χ0n) is 20.6. The van der Waals surface area contributed by atoms with Crippen molar-refractivity contribution in [3.63, 3.8) is 0 Å². The van der Waals surface area contributed by atoms with Crippen LogP contribution in [0.25, 0.3) is 6.08 Å². The number of halogens is 1. The van der Waals surface area contributed by atoms with Crippen LogP contribution in [0, 0.1) is 0 Å². The molecule has 3 aliphatic rings. The maximum Gasteiger partial charge on any atom is 0.276 e. The SMILES string of the molecule is O=C1/C(=C\c2ccc3c(c2)OCO3)C2=C(C(=O)N(c3ccccc3)[C@H]2c2ccc(Br)cc2)N1c1ccccc1. The molecular weight excluding hydrogens is 556 g/mol. The molecule has 0 fully saturated rings. The molecule has 7 rings (SSSR count). The summed E-state index contributed by atoms with van der Waals surface area (Å²) in [6.07, 6.45) is 1.84. The van der Waals surface area contributed by atoms with Crippen LogP contribution in [0.5, 0.6) is 11.5 Å². The number of ether oxygens (including phenoxy) is 2. The maximum absolute atomic E-state index is 14.3. The number of benzene rings is 4. The Balaban J connectivity index is 1.46. The molecule has 0 aliphatic carbocycles. The Kier molecular flexibility index (Phi) is 5.60. The highest BCUT2D eigenvalue weighted by Crippen LogP contribution is 2.51. The fraction of sp³-hybridized carbons (Fsp3) is 0.0625. The van der Waals surface area contributed by atoms with E-state index in [1.54, 1.807) is 9.80 Å². The molecule has 3 heterocycles. The zero-order chi connectivity index (χ0) is 26.5. The maximum atomic E-state index is 14.3. The third-order valence-corrected chi connectivity index (χ3v) is 7.63. The van der Waals surface area contributed by atoms with Gasteiger partial charge in [0.25, 0.3) is 11.8 Å². The zero-order valence-corrected chi connectivity index (χ0v) is 22.2. The lowest BCUT2D eigenvalue weighted by molar-refractivity contribution is -0.118. The summed E-state index contributed by atoms with van der Waals surface area (Å²) in [4.78, 5) is 31.8. The van der Waals surface area contributed by atoms with Gasteiger partial charge < -0.3 is 9.47 Å². The van der Waals surface area contributed by atoms with Crippen molar-refractivity contribution < 1.29 is 19.1 Å². The van der Waals surface area contributed by atoms with Crippen molar-refractivity contribution in [2.45, 2.75) is 6.04 Å². The summed E-state index contributed by atoms with van der Waals surface area (Å²) in [6.45, 7) is 0.164. The summed E-state index contributed by atoms with van der Waals surface area (Å²) in [5, 5.41) is 0. The van der Waals surface area contributed by atoms with E-state index in [4.69, 9.17) is 9.47 Å². The minimum absolute atomic E-state index is 0.164. The number of amides is 2. The van der Waals surface area contributed by atoms with Crippen LogP contribution in [0.2, 0.25) is 0 Å². The molecule has 4 aromatic rings. The monoisotopic (exact) mass is 576 g/mol. The minimum atomic E-state index is -0.499. The van der Waals surface area contributed by atoms with Gasteiger partial charge in [-0.25, -0.2) is 0 Å². The van der Waals surface area contributed by atoms with Crippen LogP contribution in [-0.2, 0) is 9.59 Å². The van der Waals surface area contributed by atoms with E-state index in [1.807, 2.05) is 109 Å². The minimum Gasteiger partial charge on any atom is -0.454 e. The second-order valence-corrected chi connectivity index (χ2v) is 10.3. The quantitative estimate of drug-likeness (QED) is 0.255. The molecule has 0 N–H and O–H groups in total. The first-order chi connectivity index (χ1) is 19.1. The summed E-state index contributed by atoms with van der Waals surface area (Å²) >= 11 is 3.52. The molecule has 0 saturated carbocycles. The van der Waals surface area contributed by atoms with E-state index < -0.39 is 6.04 Å². The predicted octanol–water partition coefficient (Wildman–Crippen LogP) is 6.65. The molecule has 2 amide bonds. The Labute approximate surface area is 233 Å². The number of hydrogen-bond acceptors (Lipinski definition) is 4. The van der Waals surface area contributed by atoms with Crippen molar-refractivity contribution >= 4 is 45.2 Å². The van der Waals surface area contributed by atoms with Crippen molar-refractivity contribution in [1.29, 1.82) is 0 Å². The van der Waals surface area contributed by atoms with Crippen LogP contribution in [-0.4, -0.2) is 18.6 Å². The van der Waals surface area contributed by atoms with E-state index in [2.05, 4.69) is 15.9 Å². The third kappa shape index (κ3) is 3.85. The van der Waals surface area contributed by atoms with Crippen LogP contribution in [0.4, 0.5) is 11.4 Å². The molecule has 4 aromatic carbocycles. The van der Waals surface area contributed by atoms with E-state index >= 15 is 0 Å². The topological polar surface area (TPSA) is 59.1 Å². The van der Waals surface area contributed by atoms with Crippen molar-refractivity contribution in [2.24, 2.45) is 0 Å². The smallest absolute Gasteiger partial charge is 0.276 e. The summed E-state index contributed by atoms with van der Waals surface area (Å²) in [5.74, 6) is 0.823. The van der Waals surface area contributed by atoms with Crippen molar-refractivity contribution in [3.05, 3.63) is 136 Å². The largest absolute Gasteiger partial charge is 0.454 e. The van der Waals surface area contributed by atoms with Gasteiger partial charge in [-0.05, 0) is 65.7 Å². The van der Waals surface area contributed by atoms with Crippen molar-refractivity contribution in [2.75, 3.05) is 16.6 Å². The highest BCUT2D eigenvalue weighted by Gasteiger charge is 2.52. The van der Waals surface area contributed by atoms with Gasteiger partial charge in [-0.3, -0.25) is 19.4 Å². The Morgan fingerprint density at radius 2 is 1.41 bits per heavy atom. The van der Waals surface area contributed by atoms with Crippen LogP contribution in [0.1, 0.15) is 17.2 Å². The number of nitrogens with zero attached hydrogens (tertiary/aromatic N) is 2.